The molecule has 0 atom stereocenters. The molecule has 7 aromatic carbocycles. The van der Waals surface area contributed by atoms with Crippen LogP contribution in [-0.4, -0.2) is 131 Å². The molecule has 0 N–H and O–H groups in total. The highest BCUT2D eigenvalue weighted by molar-refractivity contribution is 6.34. The topological polar surface area (TPSA) is 288 Å². The van der Waals surface area contributed by atoms with Crippen molar-refractivity contribution in [3.8, 4) is 11.5 Å². The Morgan fingerprint density at radius 3 is 1.40 bits per heavy atom. The smallest absolute Gasteiger partial charge is 0.152 e. The average molecular weight is 1800 g/mol. The van der Waals surface area contributed by atoms with Gasteiger partial charge in [0, 0.05) is 173 Å². The number of hydrogen-bond donors (Lipinski definition) is 0. The minimum atomic E-state index is -0.337. The van der Waals surface area contributed by atoms with Gasteiger partial charge in [-0.25, -0.2) is 69.2 Å². The van der Waals surface area contributed by atoms with Crippen molar-refractivity contribution in [1.29, 1.82) is 0 Å². The highest BCUT2D eigenvalue weighted by atomic mass is 35.5. The van der Waals surface area contributed by atoms with Crippen molar-refractivity contribution < 1.29 is 13.9 Å². The molecule has 26 nitrogen and oxygen atoms in total. The van der Waals surface area contributed by atoms with Gasteiger partial charge < -0.3 is 32.3 Å². The first-order valence-electron chi connectivity index (χ1n) is 45.6. The summed E-state index contributed by atoms with van der Waals surface area (Å²) >= 11 is 6.36. The lowest BCUT2D eigenvalue weighted by Crippen LogP contribution is -2.08. The Kier molecular flexibility index (Phi) is 23.6. The number of hydrogen-bond acceptors (Lipinski definition) is 21. The van der Waals surface area contributed by atoms with Crippen molar-refractivity contribution >= 4 is 154 Å². The van der Waals surface area contributed by atoms with E-state index in [9.17, 15) is 4.39 Å². The monoisotopic (exact) mass is 1800 g/mol. The second kappa shape index (κ2) is 37.1. The van der Waals surface area contributed by atoms with E-state index in [1.54, 1.807) is 31.0 Å². The van der Waals surface area contributed by atoms with Gasteiger partial charge in [-0.1, -0.05) is 84.4 Å². The average Bonchev–Trinajstić information content (AvgIpc) is 1.64. The summed E-state index contributed by atoms with van der Waals surface area (Å²) < 4.78 is 36.6. The molecule has 668 valence electrons. The van der Waals surface area contributed by atoms with Crippen LogP contribution in [0, 0.1) is 26.6 Å². The molecule has 0 unspecified atom stereocenters. The summed E-state index contributed by atoms with van der Waals surface area (Å²) in [6, 6.07) is 60.7. The van der Waals surface area contributed by atoms with Crippen molar-refractivity contribution in [1.82, 2.24) is 118 Å². The van der Waals surface area contributed by atoms with Gasteiger partial charge in [0.1, 0.15) is 85.7 Å². The molecule has 0 spiro atoms. The maximum atomic E-state index is 14.0. The lowest BCUT2D eigenvalue weighted by molar-refractivity contribution is 0.291. The second-order valence-corrected chi connectivity index (χ2v) is 34.7. The molecule has 0 saturated heterocycles. The number of nitrogens with zero attached hydrogens (tertiary/aromatic N) is 24. The number of ether oxygens (including phenoxy) is 2. The van der Waals surface area contributed by atoms with Gasteiger partial charge >= 0.3 is 0 Å². The molecule has 0 radical (unpaired) electrons. The maximum absolute atomic E-state index is 14.0. The number of imidazole rings is 5. The van der Waals surface area contributed by atoms with E-state index in [0.29, 0.717) is 22.5 Å². The zero-order valence-electron chi connectivity index (χ0n) is 76.1. The zero-order chi connectivity index (χ0) is 91.9. The Morgan fingerprint density at radius 2 is 0.778 bits per heavy atom. The molecule has 23 aromatic rings. The Labute approximate surface area is 780 Å². The van der Waals surface area contributed by atoms with E-state index >= 15 is 0 Å². The fraction of sp³-hybridized carbons (Fsp3) is 0.224. The largest absolute Gasteiger partial charge is 0.491 e. The van der Waals surface area contributed by atoms with Gasteiger partial charge in [-0.05, 0) is 190 Å². The van der Waals surface area contributed by atoms with E-state index in [4.69, 9.17) is 51.0 Å². The van der Waals surface area contributed by atoms with Crippen LogP contribution in [0.3, 0.4) is 0 Å². The molecule has 0 aliphatic carbocycles. The van der Waals surface area contributed by atoms with Crippen LogP contribution in [0.15, 0.2) is 232 Å². The van der Waals surface area contributed by atoms with E-state index < -0.39 is 0 Å². The minimum absolute atomic E-state index is 0.325. The van der Waals surface area contributed by atoms with Crippen molar-refractivity contribution in [3.05, 3.63) is 329 Å². The van der Waals surface area contributed by atoms with Gasteiger partial charge in [0.2, 0.25) is 0 Å². The molecule has 16 aromatic heterocycles. The molecule has 0 saturated carbocycles. The number of aryl methyl sites for hydroxylation is 20. The van der Waals surface area contributed by atoms with Crippen LogP contribution in [0.25, 0.3) is 143 Å². The number of aromatic nitrogens is 24. The first kappa shape index (κ1) is 86.0. The normalized spacial score (nSPS) is 12.5. The fourth-order valence-corrected chi connectivity index (χ4v) is 18.8. The van der Waals surface area contributed by atoms with Crippen LogP contribution in [0.2, 0.25) is 5.02 Å². The maximum Gasteiger partial charge on any atom is 0.152 e. The fourth-order valence-electron chi connectivity index (χ4n) is 18.5. The molecule has 28 heteroatoms. The molecule has 0 bridgehead atoms. The highest BCUT2D eigenvalue weighted by Crippen LogP contribution is 2.37. The van der Waals surface area contributed by atoms with Crippen molar-refractivity contribution in [2.45, 2.75) is 111 Å². The summed E-state index contributed by atoms with van der Waals surface area (Å²) in [5, 5.41) is 8.56. The zero-order valence-corrected chi connectivity index (χ0v) is 76.8. The van der Waals surface area contributed by atoms with Crippen LogP contribution < -0.4 is 9.47 Å². The molecule has 2 aliphatic heterocycles. The van der Waals surface area contributed by atoms with Gasteiger partial charge in [-0.15, -0.1) is 0 Å². The first-order valence-corrected chi connectivity index (χ1v) is 46.0. The van der Waals surface area contributed by atoms with E-state index in [1.165, 1.54) is 39.5 Å². The molecule has 2 aliphatic rings. The highest BCUT2D eigenvalue weighted by Gasteiger charge is 2.24. The Balaban J connectivity index is 0.000000101. The summed E-state index contributed by atoms with van der Waals surface area (Å²) in [6.07, 6.45) is 25.9. The first-order chi connectivity index (χ1) is 66.0. The van der Waals surface area contributed by atoms with Gasteiger partial charge in [0.15, 0.2) is 5.82 Å². The van der Waals surface area contributed by atoms with Crippen LogP contribution in [0.4, 0.5) is 4.39 Å². The molecule has 135 heavy (non-hydrogen) atoms. The Bertz CT molecular complexity index is 8350. The predicted molar refractivity (Wildman–Crippen MR) is 529 cm³/mol. The SMILES string of the molecule is Cc1cc(Cl)c2nc(CCc3nc4c5cccnc5ccc4n3C)ccc2n1.Cc1nc(CCc2nc3c4c(ccc3n2C)CCCO4)nc2cccnc12.Cc1nc(CCc2nc3c4c(ccc3n2C)CCCO4)nc2cnccc12.Cn1c(CCc2ccc3nccc(F)c3n2)nc2c3ccccc3ccc21.Cn1c(CCc2ncc3ccncc3n2)nc2c3ccccc3ccc21. The molecule has 18 heterocycles. The quantitative estimate of drug-likeness (QED) is 0.0921. The minimum Gasteiger partial charge on any atom is -0.491 e. The summed E-state index contributed by atoms with van der Waals surface area (Å²) in [5.41, 5.74) is 24.8. The van der Waals surface area contributed by atoms with Gasteiger partial charge in [-0.3, -0.25) is 29.9 Å². The summed E-state index contributed by atoms with van der Waals surface area (Å²) in [7, 11) is 10.3. The molecule has 25 rings (SSSR count). The molecule has 0 fully saturated rings. The third-order valence-electron chi connectivity index (χ3n) is 25.7. The van der Waals surface area contributed by atoms with Gasteiger partial charge in [0.25, 0.3) is 0 Å². The van der Waals surface area contributed by atoms with Gasteiger partial charge in [0.05, 0.1) is 114 Å². The summed E-state index contributed by atoms with van der Waals surface area (Å²) in [6.45, 7) is 7.49. The molecule has 0 amide bonds. The van der Waals surface area contributed by atoms with Gasteiger partial charge in [-0.2, -0.15) is 0 Å². The lowest BCUT2D eigenvalue weighted by Gasteiger charge is -2.17. The predicted octanol–water partition coefficient (Wildman–Crippen LogP) is 19.9. The van der Waals surface area contributed by atoms with Crippen LogP contribution in [0.1, 0.15) is 99.0 Å². The number of benzene rings is 7. The van der Waals surface area contributed by atoms with E-state index in [2.05, 4.69) is 213 Å². The van der Waals surface area contributed by atoms with E-state index in [-0.39, 0.29) is 5.82 Å². The summed E-state index contributed by atoms with van der Waals surface area (Å²) in [4.78, 5) is 87.2. The Morgan fingerprint density at radius 1 is 0.311 bits per heavy atom. The Hall–Kier alpha value is -15.8. The van der Waals surface area contributed by atoms with E-state index in [1.807, 2.05) is 119 Å². The standard InChI is InChI=1S/C22H18ClN5.C22H17FN4.2C21H21N5O.C21H17N5/c1-13-12-16(23)22-18(25-13)7-5-14(26-22)6-10-20-27-21-15-4-3-11-24-17(15)8-9-19(21)28(20)2;1-27-19-10-6-14-4-2-3-5-16(14)21(19)26-20(27)11-8-15-7-9-18-22(25-15)17(23)12-13-24-18;1-13-19-15(6-3-11-22-19)24-17(23-13)9-10-18-25-20-16(26(18)2)8-7-14-5-4-12-27-21(14)20;1-13-15-9-10-22-12-16(15)24-18(23-13)7-8-19-25-20-17(26(19)2)6-5-14-4-3-11-27-21(14)20;1-26-18-7-6-14-4-2-3-5-16(14)21(18)25-20(26)9-8-19-23-12-15-10-11-22-13-17(15)24-19/h3-5,7-9,11-12H,6,10H2,1-2H3;2-7,9-10,12-13H,8,11H2,1H3;3,6-8,11H,4-5,9-10,12H2,1-2H3;5-6,9-10,12H,3-4,7-8,11H2,1-2H3;2-7,10-13H,8-9H2,1H3. The number of halogens is 2. The third-order valence-corrected chi connectivity index (χ3v) is 25.9. The second-order valence-electron chi connectivity index (χ2n) is 34.3. The summed E-state index contributed by atoms with van der Waals surface area (Å²) in [5.74, 6) is 9.20. The van der Waals surface area contributed by atoms with Crippen LogP contribution in [0.5, 0.6) is 11.5 Å². The van der Waals surface area contributed by atoms with Crippen molar-refractivity contribution in [3.63, 3.8) is 0 Å². The van der Waals surface area contributed by atoms with E-state index in [0.717, 1.165) is 299 Å². The third kappa shape index (κ3) is 17.4. The van der Waals surface area contributed by atoms with Crippen molar-refractivity contribution in [2.24, 2.45) is 35.2 Å². The van der Waals surface area contributed by atoms with Crippen molar-refractivity contribution in [2.75, 3.05) is 13.2 Å². The van der Waals surface area contributed by atoms with Crippen LogP contribution in [-0.2, 0) is 112 Å². The molecular weight excluding hydrogens is 1710 g/mol. The number of pyridine rings is 8. The molecular formula is C107H94ClFN24O2. The lowest BCUT2D eigenvalue weighted by atomic mass is 10.1. The number of rotatable bonds is 15. The van der Waals surface area contributed by atoms with Crippen LogP contribution >= 0.6 is 11.6 Å². The number of fused-ring (bicyclic) bond motifs is 20.